The Balaban J connectivity index is 2.05. The van der Waals surface area contributed by atoms with Gasteiger partial charge in [-0.2, -0.15) is 0 Å². The van der Waals surface area contributed by atoms with Gasteiger partial charge in [-0.1, -0.05) is 11.6 Å². The zero-order valence-corrected chi connectivity index (χ0v) is 12.6. The van der Waals surface area contributed by atoms with Crippen LogP contribution in [0.25, 0.3) is 0 Å². The van der Waals surface area contributed by atoms with Gasteiger partial charge in [0.1, 0.15) is 5.82 Å². The molecule has 2 aromatic rings. The van der Waals surface area contributed by atoms with Crippen LogP contribution in [0.5, 0.6) is 0 Å². The molecule has 1 amide bonds. The fourth-order valence-corrected chi connectivity index (χ4v) is 1.86. The highest BCUT2D eigenvalue weighted by atomic mass is 35.5. The van der Waals surface area contributed by atoms with Gasteiger partial charge < -0.3 is 10.6 Å². The van der Waals surface area contributed by atoms with E-state index in [-0.39, 0.29) is 5.91 Å². The van der Waals surface area contributed by atoms with Crippen LogP contribution in [0.2, 0.25) is 5.02 Å². The first-order valence-corrected chi connectivity index (χ1v) is 6.93. The van der Waals surface area contributed by atoms with Crippen LogP contribution in [0, 0.1) is 6.92 Å². The van der Waals surface area contributed by atoms with Crippen molar-refractivity contribution in [3.05, 3.63) is 46.6 Å². The van der Waals surface area contributed by atoms with Gasteiger partial charge in [-0.3, -0.25) is 14.8 Å². The number of carbonyl (C=O) groups is 1. The third kappa shape index (κ3) is 4.13. The third-order valence-electron chi connectivity index (χ3n) is 2.72. The number of nitrogens with zero attached hydrogens (tertiary/aromatic N) is 3. The molecule has 0 aliphatic carbocycles. The summed E-state index contributed by atoms with van der Waals surface area (Å²) in [6, 6.07) is 1.63. The second-order valence-corrected chi connectivity index (χ2v) is 4.82. The van der Waals surface area contributed by atoms with Crippen molar-refractivity contribution in [3.8, 4) is 0 Å². The van der Waals surface area contributed by atoms with Gasteiger partial charge in [0.15, 0.2) is 0 Å². The first-order chi connectivity index (χ1) is 10.1. The Labute approximate surface area is 128 Å². The van der Waals surface area contributed by atoms with Gasteiger partial charge in [0.05, 0.1) is 34.7 Å². The summed E-state index contributed by atoms with van der Waals surface area (Å²) in [5, 5.41) is 6.11. The summed E-state index contributed by atoms with van der Waals surface area (Å²) in [6.07, 6.45) is 4.75. The Morgan fingerprint density at radius 3 is 2.71 bits per heavy atom. The molecule has 2 aromatic heterocycles. The molecule has 2 heterocycles. The Morgan fingerprint density at radius 2 is 2.05 bits per heavy atom. The number of hydrogen-bond acceptors (Lipinski definition) is 5. The molecule has 0 radical (unpaired) electrons. The fraction of sp³-hybridized carbons (Fsp3) is 0.286. The van der Waals surface area contributed by atoms with Gasteiger partial charge in [0, 0.05) is 18.9 Å². The van der Waals surface area contributed by atoms with E-state index < -0.39 is 0 Å². The highest BCUT2D eigenvalue weighted by Gasteiger charge is 2.12. The van der Waals surface area contributed by atoms with Crippen LogP contribution in [0.15, 0.2) is 24.7 Å². The van der Waals surface area contributed by atoms with Crippen LogP contribution in [0.1, 0.15) is 28.7 Å². The minimum Gasteiger partial charge on any atom is -0.370 e. The summed E-state index contributed by atoms with van der Waals surface area (Å²) < 4.78 is 0. The summed E-state index contributed by atoms with van der Waals surface area (Å²) in [4.78, 5) is 24.6. The molecule has 0 aliphatic rings. The second-order valence-electron chi connectivity index (χ2n) is 4.41. The van der Waals surface area contributed by atoms with Crippen molar-refractivity contribution in [1.82, 2.24) is 20.3 Å². The van der Waals surface area contributed by atoms with E-state index in [2.05, 4.69) is 25.6 Å². The molecule has 0 bridgehead atoms. The van der Waals surface area contributed by atoms with Gasteiger partial charge in [-0.05, 0) is 19.9 Å². The quantitative estimate of drug-likeness (QED) is 0.885. The highest BCUT2D eigenvalue weighted by Crippen LogP contribution is 2.18. The smallest absolute Gasteiger partial charge is 0.253 e. The highest BCUT2D eigenvalue weighted by molar-refractivity contribution is 6.33. The Morgan fingerprint density at radius 1 is 1.24 bits per heavy atom. The summed E-state index contributed by atoms with van der Waals surface area (Å²) in [5.74, 6) is 0.339. The lowest BCUT2D eigenvalue weighted by Gasteiger charge is -2.08. The van der Waals surface area contributed by atoms with E-state index in [1.807, 2.05) is 13.8 Å². The summed E-state index contributed by atoms with van der Waals surface area (Å²) in [5.41, 5.74) is 1.89. The molecule has 110 valence electrons. The van der Waals surface area contributed by atoms with Crippen molar-refractivity contribution in [2.75, 3.05) is 11.9 Å². The van der Waals surface area contributed by atoms with E-state index in [1.165, 1.54) is 6.20 Å². The summed E-state index contributed by atoms with van der Waals surface area (Å²) >= 11 is 6.01. The number of rotatable bonds is 5. The molecular formula is C14H16ClN5O. The van der Waals surface area contributed by atoms with Gasteiger partial charge in [-0.25, -0.2) is 4.98 Å². The van der Waals surface area contributed by atoms with Crippen LogP contribution < -0.4 is 10.6 Å². The van der Waals surface area contributed by atoms with Crippen LogP contribution in [-0.2, 0) is 6.54 Å². The Hall–Kier alpha value is -2.21. The number of nitrogens with one attached hydrogen (secondary N) is 2. The SMILES string of the molecule is CCNc1cc(C(=O)NCc2cnc(C)cn2)c(Cl)cn1. The minimum absolute atomic E-state index is 0.274. The molecule has 0 saturated heterocycles. The van der Waals surface area contributed by atoms with Crippen molar-refractivity contribution in [2.45, 2.75) is 20.4 Å². The number of hydrogen-bond donors (Lipinski definition) is 2. The van der Waals surface area contributed by atoms with Crippen LogP contribution in [0.4, 0.5) is 5.82 Å². The molecule has 0 saturated carbocycles. The van der Waals surface area contributed by atoms with E-state index >= 15 is 0 Å². The van der Waals surface area contributed by atoms with Crippen molar-refractivity contribution in [2.24, 2.45) is 0 Å². The fourth-order valence-electron chi connectivity index (χ4n) is 1.67. The van der Waals surface area contributed by atoms with Crippen molar-refractivity contribution in [1.29, 1.82) is 0 Å². The maximum absolute atomic E-state index is 12.2. The average Bonchev–Trinajstić information content (AvgIpc) is 2.48. The first kappa shape index (κ1) is 15.2. The lowest BCUT2D eigenvalue weighted by atomic mass is 10.2. The molecule has 2 N–H and O–H groups in total. The standard InChI is InChI=1S/C14H16ClN5O/c1-3-16-13-4-11(12(15)8-19-13)14(21)20-7-10-6-17-9(2)5-18-10/h4-6,8H,3,7H2,1-2H3,(H,16,19)(H,20,21). The van der Waals surface area contributed by atoms with E-state index in [0.29, 0.717) is 35.2 Å². The number of aromatic nitrogens is 3. The number of anilines is 1. The van der Waals surface area contributed by atoms with Crippen LogP contribution in [-0.4, -0.2) is 27.4 Å². The van der Waals surface area contributed by atoms with E-state index in [1.54, 1.807) is 18.5 Å². The number of aryl methyl sites for hydroxylation is 1. The number of carbonyl (C=O) groups excluding carboxylic acids is 1. The zero-order chi connectivity index (χ0) is 15.2. The molecule has 0 aromatic carbocycles. The topological polar surface area (TPSA) is 79.8 Å². The minimum atomic E-state index is -0.274. The van der Waals surface area contributed by atoms with Crippen LogP contribution >= 0.6 is 11.6 Å². The normalized spacial score (nSPS) is 10.2. The Bertz CT molecular complexity index is 630. The molecule has 21 heavy (non-hydrogen) atoms. The molecule has 0 unspecified atom stereocenters. The molecule has 0 aliphatic heterocycles. The van der Waals surface area contributed by atoms with E-state index in [4.69, 9.17) is 11.6 Å². The van der Waals surface area contributed by atoms with Gasteiger partial charge >= 0.3 is 0 Å². The Kier molecular flexibility index (Phi) is 5.05. The summed E-state index contributed by atoms with van der Waals surface area (Å²) in [6.45, 7) is 4.82. The maximum Gasteiger partial charge on any atom is 0.253 e. The van der Waals surface area contributed by atoms with Gasteiger partial charge in [0.25, 0.3) is 5.91 Å². The lowest BCUT2D eigenvalue weighted by Crippen LogP contribution is -2.24. The average molecular weight is 306 g/mol. The molecular weight excluding hydrogens is 290 g/mol. The third-order valence-corrected chi connectivity index (χ3v) is 3.02. The molecule has 7 heteroatoms. The molecule has 2 rings (SSSR count). The number of pyridine rings is 1. The van der Waals surface area contributed by atoms with Crippen molar-refractivity contribution < 1.29 is 4.79 Å². The molecule has 0 atom stereocenters. The van der Waals surface area contributed by atoms with Crippen molar-refractivity contribution >= 4 is 23.3 Å². The van der Waals surface area contributed by atoms with Crippen molar-refractivity contribution in [3.63, 3.8) is 0 Å². The maximum atomic E-state index is 12.2. The number of amides is 1. The van der Waals surface area contributed by atoms with Gasteiger partial charge in [-0.15, -0.1) is 0 Å². The molecule has 0 fully saturated rings. The van der Waals surface area contributed by atoms with E-state index in [9.17, 15) is 4.79 Å². The largest absolute Gasteiger partial charge is 0.370 e. The first-order valence-electron chi connectivity index (χ1n) is 6.55. The second kappa shape index (κ2) is 6.99. The zero-order valence-electron chi connectivity index (χ0n) is 11.9. The predicted octanol–water partition coefficient (Wildman–Crippen LogP) is 2.20. The van der Waals surface area contributed by atoms with Gasteiger partial charge in [0.2, 0.25) is 0 Å². The van der Waals surface area contributed by atoms with Crippen LogP contribution in [0.3, 0.4) is 0 Å². The van der Waals surface area contributed by atoms with E-state index in [0.717, 1.165) is 5.69 Å². The molecule has 0 spiro atoms. The molecule has 6 nitrogen and oxygen atoms in total. The lowest BCUT2D eigenvalue weighted by molar-refractivity contribution is 0.0950. The number of halogens is 1. The monoisotopic (exact) mass is 305 g/mol. The summed E-state index contributed by atoms with van der Waals surface area (Å²) in [7, 11) is 0. The predicted molar refractivity (Wildman–Crippen MR) is 81.3 cm³/mol.